The standard InChI is InChI=1S/C17H20FN5O2/c1-10-14(11(2)22-21-10)9-20-17(25)23-8-7-19-16(24)15(23)12-3-5-13(18)6-4-12/h3-6,15H,7-9H2,1-2H3,(H,19,24)(H,20,25)(H,21,22). The summed E-state index contributed by atoms with van der Waals surface area (Å²) in [7, 11) is 0. The number of carbonyl (C=O) groups is 2. The quantitative estimate of drug-likeness (QED) is 0.788. The molecule has 1 saturated heterocycles. The van der Waals surface area contributed by atoms with Crippen LogP contribution in [0.1, 0.15) is 28.6 Å². The second-order valence-electron chi connectivity index (χ2n) is 6.01. The summed E-state index contributed by atoms with van der Waals surface area (Å²) in [6.45, 7) is 4.83. The van der Waals surface area contributed by atoms with Gasteiger partial charge < -0.3 is 15.5 Å². The van der Waals surface area contributed by atoms with Gasteiger partial charge in [-0.25, -0.2) is 9.18 Å². The van der Waals surface area contributed by atoms with E-state index in [0.29, 0.717) is 25.2 Å². The van der Waals surface area contributed by atoms with Crippen LogP contribution in [0.25, 0.3) is 0 Å². The number of H-pyrrole nitrogens is 1. The summed E-state index contributed by atoms with van der Waals surface area (Å²) in [6.07, 6.45) is 0. The Kier molecular flexibility index (Phi) is 4.69. The van der Waals surface area contributed by atoms with E-state index in [1.54, 1.807) is 0 Å². The van der Waals surface area contributed by atoms with Crippen molar-refractivity contribution in [3.8, 4) is 0 Å². The minimum absolute atomic E-state index is 0.274. The van der Waals surface area contributed by atoms with Crippen molar-refractivity contribution in [1.29, 1.82) is 0 Å². The lowest BCUT2D eigenvalue weighted by atomic mass is 10.0. The first kappa shape index (κ1) is 16.9. The van der Waals surface area contributed by atoms with Crippen molar-refractivity contribution >= 4 is 11.9 Å². The largest absolute Gasteiger partial charge is 0.352 e. The van der Waals surface area contributed by atoms with Crippen molar-refractivity contribution in [2.24, 2.45) is 0 Å². The van der Waals surface area contributed by atoms with Crippen molar-refractivity contribution in [1.82, 2.24) is 25.7 Å². The third kappa shape index (κ3) is 3.47. The molecule has 1 aromatic heterocycles. The van der Waals surface area contributed by atoms with E-state index >= 15 is 0 Å². The molecular weight excluding hydrogens is 325 g/mol. The van der Waals surface area contributed by atoms with Gasteiger partial charge in [0.25, 0.3) is 0 Å². The summed E-state index contributed by atoms with van der Waals surface area (Å²) in [4.78, 5) is 26.4. The predicted octanol–water partition coefficient (Wildman–Crippen LogP) is 1.55. The molecule has 1 atom stereocenters. The van der Waals surface area contributed by atoms with E-state index in [2.05, 4.69) is 20.8 Å². The van der Waals surface area contributed by atoms with Crippen LogP contribution in [-0.4, -0.2) is 40.1 Å². The van der Waals surface area contributed by atoms with E-state index in [1.807, 2.05) is 13.8 Å². The fraction of sp³-hybridized carbons (Fsp3) is 0.353. The van der Waals surface area contributed by atoms with Crippen LogP contribution >= 0.6 is 0 Å². The normalized spacial score (nSPS) is 17.3. The van der Waals surface area contributed by atoms with Crippen molar-refractivity contribution in [3.63, 3.8) is 0 Å². The van der Waals surface area contributed by atoms with Gasteiger partial charge in [0.2, 0.25) is 5.91 Å². The molecule has 7 nitrogen and oxygen atoms in total. The minimum Gasteiger partial charge on any atom is -0.352 e. The zero-order chi connectivity index (χ0) is 18.0. The van der Waals surface area contributed by atoms with Gasteiger partial charge in [-0.15, -0.1) is 0 Å². The molecule has 0 radical (unpaired) electrons. The fourth-order valence-electron chi connectivity index (χ4n) is 2.96. The van der Waals surface area contributed by atoms with Gasteiger partial charge >= 0.3 is 6.03 Å². The zero-order valence-corrected chi connectivity index (χ0v) is 14.1. The van der Waals surface area contributed by atoms with E-state index in [9.17, 15) is 14.0 Å². The minimum atomic E-state index is -0.777. The van der Waals surface area contributed by atoms with Crippen molar-refractivity contribution in [3.05, 3.63) is 52.6 Å². The van der Waals surface area contributed by atoms with E-state index in [1.165, 1.54) is 29.2 Å². The molecule has 25 heavy (non-hydrogen) atoms. The van der Waals surface area contributed by atoms with Crippen LogP contribution < -0.4 is 10.6 Å². The third-order valence-electron chi connectivity index (χ3n) is 4.36. The van der Waals surface area contributed by atoms with Crippen molar-refractivity contribution in [2.75, 3.05) is 13.1 Å². The number of urea groups is 1. The SMILES string of the molecule is Cc1n[nH]c(C)c1CNC(=O)N1CCNC(=O)C1c1ccc(F)cc1. The average molecular weight is 345 g/mol. The summed E-state index contributed by atoms with van der Waals surface area (Å²) in [5.74, 6) is -0.662. The molecule has 0 bridgehead atoms. The van der Waals surface area contributed by atoms with E-state index in [4.69, 9.17) is 0 Å². The number of aryl methyl sites for hydroxylation is 2. The van der Waals surface area contributed by atoms with Gasteiger partial charge in [0.15, 0.2) is 0 Å². The second-order valence-corrected chi connectivity index (χ2v) is 6.01. The van der Waals surface area contributed by atoms with Crippen LogP contribution in [-0.2, 0) is 11.3 Å². The molecule has 1 aliphatic rings. The number of halogens is 1. The average Bonchev–Trinajstić information content (AvgIpc) is 2.92. The van der Waals surface area contributed by atoms with Gasteiger partial charge in [0.1, 0.15) is 11.9 Å². The number of piperazine rings is 1. The molecule has 1 fully saturated rings. The Balaban J connectivity index is 1.76. The Morgan fingerprint density at radius 1 is 1.36 bits per heavy atom. The highest BCUT2D eigenvalue weighted by atomic mass is 19.1. The highest BCUT2D eigenvalue weighted by molar-refractivity contribution is 5.89. The van der Waals surface area contributed by atoms with Crippen molar-refractivity contribution in [2.45, 2.75) is 26.4 Å². The van der Waals surface area contributed by atoms with E-state index in [-0.39, 0.29) is 17.8 Å². The highest BCUT2D eigenvalue weighted by Gasteiger charge is 2.34. The number of hydrogen-bond donors (Lipinski definition) is 3. The number of nitrogens with one attached hydrogen (secondary N) is 3. The van der Waals surface area contributed by atoms with Crippen LogP contribution in [0.5, 0.6) is 0 Å². The number of nitrogens with zero attached hydrogens (tertiary/aromatic N) is 2. The second kappa shape index (κ2) is 6.92. The number of benzene rings is 1. The molecule has 1 aliphatic heterocycles. The van der Waals surface area contributed by atoms with Gasteiger partial charge in [-0.1, -0.05) is 12.1 Å². The molecule has 3 amide bonds. The first-order chi connectivity index (χ1) is 12.0. The van der Waals surface area contributed by atoms with Crippen LogP contribution in [0.4, 0.5) is 9.18 Å². The molecule has 2 heterocycles. The van der Waals surface area contributed by atoms with Gasteiger partial charge in [-0.3, -0.25) is 9.89 Å². The first-order valence-corrected chi connectivity index (χ1v) is 8.05. The Hall–Kier alpha value is -2.90. The Bertz CT molecular complexity index is 767. The number of aromatic amines is 1. The molecule has 0 saturated carbocycles. The molecule has 1 aromatic carbocycles. The first-order valence-electron chi connectivity index (χ1n) is 8.05. The summed E-state index contributed by atoms with van der Waals surface area (Å²) in [5, 5.41) is 12.6. The van der Waals surface area contributed by atoms with E-state index < -0.39 is 6.04 Å². The lowest BCUT2D eigenvalue weighted by molar-refractivity contribution is -0.127. The van der Waals surface area contributed by atoms with Crippen LogP contribution in [0.3, 0.4) is 0 Å². The van der Waals surface area contributed by atoms with Crippen LogP contribution in [0, 0.1) is 19.7 Å². The molecular formula is C17H20FN5O2. The van der Waals surface area contributed by atoms with Crippen LogP contribution in [0.2, 0.25) is 0 Å². The predicted molar refractivity (Wildman–Crippen MR) is 89.2 cm³/mol. The number of hydrogen-bond acceptors (Lipinski definition) is 3. The summed E-state index contributed by atoms with van der Waals surface area (Å²) in [6, 6.07) is 4.49. The fourth-order valence-corrected chi connectivity index (χ4v) is 2.96. The number of carbonyl (C=O) groups excluding carboxylic acids is 2. The smallest absolute Gasteiger partial charge is 0.318 e. The molecule has 0 spiro atoms. The molecule has 3 rings (SSSR count). The lowest BCUT2D eigenvalue weighted by Crippen LogP contribution is -2.54. The van der Waals surface area contributed by atoms with Gasteiger partial charge in [0, 0.05) is 30.9 Å². The van der Waals surface area contributed by atoms with Gasteiger partial charge in [0.05, 0.1) is 5.69 Å². The molecule has 8 heteroatoms. The summed E-state index contributed by atoms with van der Waals surface area (Å²) >= 11 is 0. The topological polar surface area (TPSA) is 90.1 Å². The Morgan fingerprint density at radius 3 is 2.72 bits per heavy atom. The Morgan fingerprint density at radius 2 is 2.08 bits per heavy atom. The molecule has 1 unspecified atom stereocenters. The highest BCUT2D eigenvalue weighted by Crippen LogP contribution is 2.23. The number of amides is 3. The van der Waals surface area contributed by atoms with Gasteiger partial charge in [-0.05, 0) is 31.5 Å². The zero-order valence-electron chi connectivity index (χ0n) is 14.1. The maximum Gasteiger partial charge on any atom is 0.318 e. The summed E-state index contributed by atoms with van der Waals surface area (Å²) in [5.41, 5.74) is 3.21. The molecule has 0 aliphatic carbocycles. The van der Waals surface area contributed by atoms with Crippen LogP contribution in [0.15, 0.2) is 24.3 Å². The monoisotopic (exact) mass is 345 g/mol. The maximum atomic E-state index is 13.2. The third-order valence-corrected chi connectivity index (χ3v) is 4.36. The Labute approximate surface area is 144 Å². The number of aromatic nitrogens is 2. The molecule has 3 N–H and O–H groups in total. The lowest BCUT2D eigenvalue weighted by Gasteiger charge is -2.35. The maximum absolute atomic E-state index is 13.2. The van der Waals surface area contributed by atoms with E-state index in [0.717, 1.165) is 17.0 Å². The summed E-state index contributed by atoms with van der Waals surface area (Å²) < 4.78 is 13.2. The molecule has 132 valence electrons. The number of rotatable bonds is 3. The van der Waals surface area contributed by atoms with Gasteiger partial charge in [-0.2, -0.15) is 5.10 Å². The van der Waals surface area contributed by atoms with Crippen molar-refractivity contribution < 1.29 is 14.0 Å². The molecule has 2 aromatic rings.